The topological polar surface area (TPSA) is 12.0 Å². The number of hydrogen-bond donors (Lipinski definition) is 1. The maximum absolute atomic E-state index is 3.51. The molecule has 1 heteroatoms. The summed E-state index contributed by atoms with van der Waals surface area (Å²) in [5.41, 5.74) is 6.75. The van der Waals surface area contributed by atoms with Gasteiger partial charge in [0, 0.05) is 12.2 Å². The molecule has 0 amide bonds. The van der Waals surface area contributed by atoms with E-state index in [1.165, 1.54) is 27.9 Å². The van der Waals surface area contributed by atoms with Crippen LogP contribution in [0.15, 0.2) is 42.5 Å². The fourth-order valence-electron chi connectivity index (χ4n) is 2.33. The zero-order chi connectivity index (χ0) is 14.8. The van der Waals surface area contributed by atoms with Crippen molar-refractivity contribution in [3.8, 4) is 0 Å². The van der Waals surface area contributed by atoms with Gasteiger partial charge < -0.3 is 5.32 Å². The lowest BCUT2D eigenvalue weighted by Gasteiger charge is -2.19. The van der Waals surface area contributed by atoms with Gasteiger partial charge >= 0.3 is 0 Å². The second-order valence-electron chi connectivity index (χ2n) is 6.62. The maximum atomic E-state index is 3.51. The molecule has 0 aliphatic carbocycles. The van der Waals surface area contributed by atoms with E-state index in [1.807, 2.05) is 0 Å². The third-order valence-electron chi connectivity index (χ3n) is 3.68. The Morgan fingerprint density at radius 2 is 1.55 bits per heavy atom. The fraction of sp³-hybridized carbons (Fsp3) is 0.368. The summed E-state index contributed by atoms with van der Waals surface area (Å²) >= 11 is 0. The maximum Gasteiger partial charge on any atom is 0.0400 e. The summed E-state index contributed by atoms with van der Waals surface area (Å²) < 4.78 is 0. The molecule has 106 valence electrons. The van der Waals surface area contributed by atoms with Crippen molar-refractivity contribution < 1.29 is 0 Å². The molecule has 1 nitrogen and oxygen atoms in total. The van der Waals surface area contributed by atoms with Crippen molar-refractivity contribution in [2.75, 3.05) is 5.32 Å². The number of aryl methyl sites for hydroxylation is 2. The molecule has 1 N–H and O–H groups in total. The summed E-state index contributed by atoms with van der Waals surface area (Å²) in [6, 6.07) is 15.4. The minimum absolute atomic E-state index is 0.222. The Morgan fingerprint density at radius 3 is 2.10 bits per heavy atom. The van der Waals surface area contributed by atoms with E-state index in [0.717, 1.165) is 6.54 Å². The third kappa shape index (κ3) is 3.63. The lowest BCUT2D eigenvalue weighted by atomic mass is 9.87. The highest BCUT2D eigenvalue weighted by molar-refractivity contribution is 5.52. The van der Waals surface area contributed by atoms with Gasteiger partial charge in [-0.25, -0.2) is 0 Å². The van der Waals surface area contributed by atoms with Crippen molar-refractivity contribution in [1.29, 1.82) is 0 Å². The Bertz CT molecular complexity index is 574. The van der Waals surface area contributed by atoms with E-state index < -0.39 is 0 Å². The first-order valence-corrected chi connectivity index (χ1v) is 7.27. The first kappa shape index (κ1) is 14.6. The van der Waals surface area contributed by atoms with Crippen LogP contribution in [-0.2, 0) is 12.0 Å². The smallest absolute Gasteiger partial charge is 0.0400 e. The predicted molar refractivity (Wildman–Crippen MR) is 88.4 cm³/mol. The van der Waals surface area contributed by atoms with E-state index in [9.17, 15) is 0 Å². The molecule has 0 bridgehead atoms. The molecule has 0 radical (unpaired) electrons. The summed E-state index contributed by atoms with van der Waals surface area (Å²) in [5, 5.41) is 3.51. The molecule has 0 atom stereocenters. The highest BCUT2D eigenvalue weighted by Gasteiger charge is 2.12. The molecule has 0 aliphatic rings. The van der Waals surface area contributed by atoms with Crippen LogP contribution in [0.1, 0.15) is 43.0 Å². The minimum Gasteiger partial charge on any atom is -0.381 e. The summed E-state index contributed by atoms with van der Waals surface area (Å²) in [5.74, 6) is 0. The van der Waals surface area contributed by atoms with Crippen LogP contribution in [0.2, 0.25) is 0 Å². The average Bonchev–Trinajstić information content (AvgIpc) is 2.37. The van der Waals surface area contributed by atoms with Gasteiger partial charge in [0.15, 0.2) is 0 Å². The molecule has 2 rings (SSSR count). The molecule has 20 heavy (non-hydrogen) atoms. The van der Waals surface area contributed by atoms with Gasteiger partial charge in [0.05, 0.1) is 0 Å². The normalized spacial score (nSPS) is 11.4. The Balaban J connectivity index is 2.04. The van der Waals surface area contributed by atoms with E-state index in [-0.39, 0.29) is 5.41 Å². The van der Waals surface area contributed by atoms with Crippen molar-refractivity contribution in [3.05, 3.63) is 64.7 Å². The standard InChI is InChI=1S/C19H25N/c1-14-6-11-18(15(2)12-14)20-13-16-7-9-17(10-8-16)19(3,4)5/h6-12,20H,13H2,1-5H3. The minimum atomic E-state index is 0.222. The van der Waals surface area contributed by atoms with Crippen LogP contribution in [0.3, 0.4) is 0 Å². The summed E-state index contributed by atoms with van der Waals surface area (Å²) in [6.07, 6.45) is 0. The van der Waals surface area contributed by atoms with Crippen LogP contribution in [0.4, 0.5) is 5.69 Å². The number of nitrogens with one attached hydrogen (secondary N) is 1. The number of hydrogen-bond acceptors (Lipinski definition) is 1. The predicted octanol–water partition coefficient (Wildman–Crippen LogP) is 5.21. The van der Waals surface area contributed by atoms with Crippen LogP contribution >= 0.6 is 0 Å². The molecule has 0 saturated heterocycles. The van der Waals surface area contributed by atoms with E-state index >= 15 is 0 Å². The van der Waals surface area contributed by atoms with E-state index in [2.05, 4.69) is 82.4 Å². The molecule has 2 aromatic rings. The Hall–Kier alpha value is -1.76. The first-order chi connectivity index (χ1) is 9.36. The molecule has 0 aliphatic heterocycles. The molecule has 0 unspecified atom stereocenters. The van der Waals surface area contributed by atoms with Gasteiger partial charge in [0.1, 0.15) is 0 Å². The van der Waals surface area contributed by atoms with E-state index in [0.29, 0.717) is 0 Å². The molecule has 0 spiro atoms. The Labute approximate surface area is 123 Å². The van der Waals surface area contributed by atoms with E-state index in [4.69, 9.17) is 0 Å². The van der Waals surface area contributed by atoms with Gasteiger partial charge in [-0.15, -0.1) is 0 Å². The van der Waals surface area contributed by atoms with Crippen LogP contribution < -0.4 is 5.32 Å². The van der Waals surface area contributed by atoms with Crippen molar-refractivity contribution >= 4 is 5.69 Å². The number of benzene rings is 2. The number of anilines is 1. The Kier molecular flexibility index (Phi) is 4.17. The number of rotatable bonds is 3. The zero-order valence-corrected chi connectivity index (χ0v) is 13.2. The van der Waals surface area contributed by atoms with Crippen molar-refractivity contribution in [3.63, 3.8) is 0 Å². The largest absolute Gasteiger partial charge is 0.381 e. The quantitative estimate of drug-likeness (QED) is 0.804. The zero-order valence-electron chi connectivity index (χ0n) is 13.2. The van der Waals surface area contributed by atoms with Gasteiger partial charge in [-0.3, -0.25) is 0 Å². The highest BCUT2D eigenvalue weighted by Crippen LogP contribution is 2.23. The first-order valence-electron chi connectivity index (χ1n) is 7.27. The van der Waals surface area contributed by atoms with Crippen LogP contribution in [0.5, 0.6) is 0 Å². The van der Waals surface area contributed by atoms with Crippen molar-refractivity contribution in [2.45, 2.75) is 46.6 Å². The second kappa shape index (κ2) is 5.70. The average molecular weight is 267 g/mol. The fourth-order valence-corrected chi connectivity index (χ4v) is 2.33. The molecule has 2 aromatic carbocycles. The van der Waals surface area contributed by atoms with Gasteiger partial charge in [-0.1, -0.05) is 62.7 Å². The molecular formula is C19H25N. The summed E-state index contributed by atoms with van der Waals surface area (Å²) in [4.78, 5) is 0. The van der Waals surface area contributed by atoms with Crippen LogP contribution in [0.25, 0.3) is 0 Å². The summed E-state index contributed by atoms with van der Waals surface area (Å²) in [6.45, 7) is 11.9. The molecular weight excluding hydrogens is 242 g/mol. The third-order valence-corrected chi connectivity index (χ3v) is 3.68. The van der Waals surface area contributed by atoms with Gasteiger partial charge in [-0.05, 0) is 42.0 Å². The van der Waals surface area contributed by atoms with Crippen LogP contribution in [-0.4, -0.2) is 0 Å². The van der Waals surface area contributed by atoms with Crippen molar-refractivity contribution in [2.24, 2.45) is 0 Å². The monoisotopic (exact) mass is 267 g/mol. The molecule has 0 saturated carbocycles. The SMILES string of the molecule is Cc1ccc(NCc2ccc(C(C)(C)C)cc2)c(C)c1. The van der Waals surface area contributed by atoms with Crippen LogP contribution in [0, 0.1) is 13.8 Å². The van der Waals surface area contributed by atoms with Gasteiger partial charge in [-0.2, -0.15) is 0 Å². The van der Waals surface area contributed by atoms with Crippen molar-refractivity contribution in [1.82, 2.24) is 0 Å². The van der Waals surface area contributed by atoms with Gasteiger partial charge in [0.2, 0.25) is 0 Å². The molecule has 0 fully saturated rings. The highest BCUT2D eigenvalue weighted by atomic mass is 14.9. The second-order valence-corrected chi connectivity index (χ2v) is 6.62. The van der Waals surface area contributed by atoms with Gasteiger partial charge in [0.25, 0.3) is 0 Å². The summed E-state index contributed by atoms with van der Waals surface area (Å²) in [7, 11) is 0. The lowest BCUT2D eigenvalue weighted by molar-refractivity contribution is 0.590. The molecule has 0 heterocycles. The molecule has 0 aromatic heterocycles. The Morgan fingerprint density at radius 1 is 0.900 bits per heavy atom. The lowest BCUT2D eigenvalue weighted by Crippen LogP contribution is -2.11. The van der Waals surface area contributed by atoms with E-state index in [1.54, 1.807) is 0 Å².